The first kappa shape index (κ1) is 25.0. The Morgan fingerprint density at radius 2 is 2.06 bits per heavy atom. The number of amides is 1. The Labute approximate surface area is 205 Å². The number of aliphatic hydroxyl groups excluding tert-OH is 1. The van der Waals surface area contributed by atoms with Crippen LogP contribution in [0.2, 0.25) is 0 Å². The van der Waals surface area contributed by atoms with E-state index in [1.165, 1.54) is 25.0 Å². The van der Waals surface area contributed by atoms with Crippen LogP contribution < -0.4 is 20.5 Å². The van der Waals surface area contributed by atoms with Crippen LogP contribution in [-0.2, 0) is 13.0 Å². The highest BCUT2D eigenvalue weighted by molar-refractivity contribution is 6.05. The van der Waals surface area contributed by atoms with Crippen LogP contribution in [0, 0.1) is 11.7 Å². The maximum atomic E-state index is 13.7. The minimum absolute atomic E-state index is 0.0879. The Balaban J connectivity index is 1.32. The van der Waals surface area contributed by atoms with Crippen molar-refractivity contribution in [2.75, 3.05) is 26.4 Å². The topological polar surface area (TPSA) is 98.7 Å². The van der Waals surface area contributed by atoms with Crippen molar-refractivity contribution in [3.63, 3.8) is 0 Å². The predicted octanol–water partition coefficient (Wildman–Crippen LogP) is 3.65. The quantitative estimate of drug-likeness (QED) is 0.304. The molecule has 0 aliphatic heterocycles. The fourth-order valence-corrected chi connectivity index (χ4v) is 4.24. The molecule has 0 radical (unpaired) electrons. The van der Waals surface area contributed by atoms with E-state index >= 15 is 0 Å². The number of aromatic nitrogens is 1. The number of ether oxygens (including phenoxy) is 2. The van der Waals surface area contributed by atoms with E-state index in [4.69, 9.17) is 20.3 Å². The van der Waals surface area contributed by atoms with Crippen LogP contribution in [0.15, 0.2) is 42.6 Å². The molecule has 1 saturated carbocycles. The summed E-state index contributed by atoms with van der Waals surface area (Å²) in [6.07, 6.45) is 5.60. The second-order valence-corrected chi connectivity index (χ2v) is 9.28. The van der Waals surface area contributed by atoms with Gasteiger partial charge in [0.1, 0.15) is 12.4 Å². The number of halogens is 1. The minimum Gasteiger partial charge on any atom is -0.489 e. The van der Waals surface area contributed by atoms with E-state index in [-0.39, 0.29) is 18.5 Å². The van der Waals surface area contributed by atoms with Crippen LogP contribution in [0.1, 0.15) is 42.1 Å². The highest BCUT2D eigenvalue weighted by atomic mass is 19.1. The van der Waals surface area contributed by atoms with Crippen molar-refractivity contribution < 1.29 is 23.8 Å². The van der Waals surface area contributed by atoms with Crippen molar-refractivity contribution >= 4 is 16.8 Å². The average Bonchev–Trinajstić information content (AvgIpc) is 3.57. The zero-order valence-corrected chi connectivity index (χ0v) is 20.1. The number of hydrogen-bond donors (Lipinski definition) is 3. The number of hydrogen-bond acceptors (Lipinski definition) is 5. The van der Waals surface area contributed by atoms with Gasteiger partial charge in [0.05, 0.1) is 17.7 Å². The molecule has 1 amide bonds. The Hall–Kier alpha value is -3.10. The van der Waals surface area contributed by atoms with Crippen molar-refractivity contribution in [1.29, 1.82) is 0 Å². The van der Waals surface area contributed by atoms with Crippen LogP contribution in [0.5, 0.6) is 11.5 Å². The van der Waals surface area contributed by atoms with Gasteiger partial charge in [0.15, 0.2) is 11.5 Å². The normalized spacial score (nSPS) is 14.3. The van der Waals surface area contributed by atoms with Crippen LogP contribution >= 0.6 is 0 Å². The molecular weight excluding hydrogens is 449 g/mol. The molecule has 3 aromatic rings. The Morgan fingerprint density at radius 3 is 2.80 bits per heavy atom. The second-order valence-electron chi connectivity index (χ2n) is 9.28. The minimum atomic E-state index is -0.468. The maximum Gasteiger partial charge on any atom is 0.250 e. The van der Waals surface area contributed by atoms with Gasteiger partial charge in [0, 0.05) is 43.4 Å². The fraction of sp³-hybridized carbons (Fsp3) is 0.444. The lowest BCUT2D eigenvalue weighted by Crippen LogP contribution is -2.32. The van der Waals surface area contributed by atoms with Gasteiger partial charge >= 0.3 is 0 Å². The van der Waals surface area contributed by atoms with E-state index in [1.54, 1.807) is 6.07 Å². The van der Waals surface area contributed by atoms with E-state index in [2.05, 4.69) is 18.3 Å². The first-order valence-corrected chi connectivity index (χ1v) is 12.3. The summed E-state index contributed by atoms with van der Waals surface area (Å²) in [7, 11) is 0. The molecule has 8 heteroatoms. The van der Waals surface area contributed by atoms with Crippen molar-refractivity contribution in [3.05, 3.63) is 59.5 Å². The van der Waals surface area contributed by atoms with Crippen LogP contribution in [-0.4, -0.2) is 48.0 Å². The monoisotopic (exact) mass is 483 g/mol. The molecule has 1 aliphatic carbocycles. The summed E-state index contributed by atoms with van der Waals surface area (Å²) in [5.74, 6) is 0.770. The molecular formula is C27H34FN3O4. The summed E-state index contributed by atoms with van der Waals surface area (Å²) in [6.45, 7) is 4.35. The summed E-state index contributed by atoms with van der Waals surface area (Å²) in [5, 5.41) is 13.5. The molecule has 1 fully saturated rings. The van der Waals surface area contributed by atoms with Crippen molar-refractivity contribution in [1.82, 2.24) is 9.88 Å². The number of benzene rings is 2. The van der Waals surface area contributed by atoms with E-state index < -0.39 is 5.91 Å². The summed E-state index contributed by atoms with van der Waals surface area (Å²) in [5.41, 5.74) is 7.98. The first-order valence-electron chi connectivity index (χ1n) is 12.3. The summed E-state index contributed by atoms with van der Waals surface area (Å²) >= 11 is 0. The highest BCUT2D eigenvalue weighted by Gasteiger charge is 2.22. The van der Waals surface area contributed by atoms with Gasteiger partial charge in [-0.2, -0.15) is 0 Å². The Kier molecular flexibility index (Phi) is 8.25. The third-order valence-corrected chi connectivity index (χ3v) is 6.21. The fourth-order valence-electron chi connectivity index (χ4n) is 4.24. The molecule has 35 heavy (non-hydrogen) atoms. The van der Waals surface area contributed by atoms with E-state index in [0.29, 0.717) is 62.1 Å². The van der Waals surface area contributed by atoms with Gasteiger partial charge in [-0.05, 0) is 74.4 Å². The molecule has 1 heterocycles. The SMILES string of the molecule is C[C@@H](Cc1cc(C(N)=O)c2c(ccn2CCCO)c1)NCCOc1cc(F)ccc1OCC1CC1. The number of aryl methyl sites for hydroxylation is 1. The van der Waals surface area contributed by atoms with Gasteiger partial charge < -0.3 is 30.2 Å². The molecule has 188 valence electrons. The van der Waals surface area contributed by atoms with Gasteiger partial charge in [-0.15, -0.1) is 0 Å². The predicted molar refractivity (Wildman–Crippen MR) is 133 cm³/mol. The maximum absolute atomic E-state index is 13.7. The summed E-state index contributed by atoms with van der Waals surface area (Å²) in [4.78, 5) is 12.2. The number of aliphatic hydroxyl groups is 1. The Bertz CT molecular complexity index is 1160. The van der Waals surface area contributed by atoms with Crippen LogP contribution in [0.25, 0.3) is 10.9 Å². The Morgan fingerprint density at radius 1 is 1.23 bits per heavy atom. The zero-order valence-electron chi connectivity index (χ0n) is 20.1. The lowest BCUT2D eigenvalue weighted by Gasteiger charge is -2.17. The van der Waals surface area contributed by atoms with Crippen molar-refractivity contribution in [2.24, 2.45) is 11.7 Å². The molecule has 4 rings (SSSR count). The first-order chi connectivity index (χ1) is 16.9. The van der Waals surface area contributed by atoms with Crippen molar-refractivity contribution in [2.45, 2.75) is 45.2 Å². The van der Waals surface area contributed by atoms with Gasteiger partial charge in [-0.1, -0.05) is 0 Å². The molecule has 1 atom stereocenters. The lowest BCUT2D eigenvalue weighted by atomic mass is 10.0. The summed E-state index contributed by atoms with van der Waals surface area (Å²) < 4.78 is 27.3. The third-order valence-electron chi connectivity index (χ3n) is 6.21. The number of nitrogens with two attached hydrogens (primary N) is 1. The summed E-state index contributed by atoms with van der Waals surface area (Å²) in [6, 6.07) is 10.4. The van der Waals surface area contributed by atoms with Crippen LogP contribution in [0.3, 0.4) is 0 Å². The molecule has 1 aliphatic rings. The number of fused-ring (bicyclic) bond motifs is 1. The molecule has 0 unspecified atom stereocenters. The molecule has 0 bridgehead atoms. The molecule has 4 N–H and O–H groups in total. The standard InChI is InChI=1S/C27H34FN3O4/c1-18(30-8-12-34-25-16-22(28)5-6-24(25)35-17-19-3-4-19)13-20-14-21-7-10-31(9-2-11-32)26(21)23(15-20)27(29)33/h5-7,10,14-16,18-19,30,32H,2-4,8-9,11-13,17H2,1H3,(H2,29,33)/t18-/m0/s1. The van der Waals surface area contributed by atoms with Gasteiger partial charge in [-0.25, -0.2) is 4.39 Å². The molecule has 0 spiro atoms. The van der Waals surface area contributed by atoms with E-state index in [0.717, 1.165) is 16.5 Å². The number of primary amides is 1. The molecule has 1 aromatic heterocycles. The largest absolute Gasteiger partial charge is 0.489 e. The number of nitrogens with zero attached hydrogens (tertiary/aromatic N) is 1. The molecule has 7 nitrogen and oxygen atoms in total. The second kappa shape index (κ2) is 11.6. The number of carbonyl (C=O) groups excluding carboxylic acids is 1. The van der Waals surface area contributed by atoms with Gasteiger partial charge in [0.2, 0.25) is 0 Å². The molecule has 0 saturated heterocycles. The smallest absolute Gasteiger partial charge is 0.250 e. The third kappa shape index (κ3) is 6.74. The number of carbonyl (C=O) groups is 1. The van der Waals surface area contributed by atoms with Gasteiger partial charge in [-0.3, -0.25) is 4.79 Å². The lowest BCUT2D eigenvalue weighted by molar-refractivity contribution is 0.100. The zero-order chi connectivity index (χ0) is 24.8. The number of rotatable bonds is 14. The average molecular weight is 484 g/mol. The van der Waals surface area contributed by atoms with Gasteiger partial charge in [0.25, 0.3) is 5.91 Å². The highest BCUT2D eigenvalue weighted by Crippen LogP contribution is 2.33. The molecule has 2 aromatic carbocycles. The number of nitrogens with one attached hydrogen (secondary N) is 1. The van der Waals surface area contributed by atoms with Crippen molar-refractivity contribution in [3.8, 4) is 11.5 Å². The van der Waals surface area contributed by atoms with E-state index in [9.17, 15) is 9.18 Å². The van der Waals surface area contributed by atoms with E-state index in [1.807, 2.05) is 22.9 Å². The van der Waals surface area contributed by atoms with Crippen LogP contribution in [0.4, 0.5) is 4.39 Å².